The Bertz CT molecular complexity index is 408. The summed E-state index contributed by atoms with van der Waals surface area (Å²) in [6.45, 7) is 1.05. The minimum absolute atomic E-state index is 0.612. The zero-order valence-corrected chi connectivity index (χ0v) is 11.0. The van der Waals surface area contributed by atoms with Crippen molar-refractivity contribution in [1.82, 2.24) is 5.32 Å². The summed E-state index contributed by atoms with van der Waals surface area (Å²) in [6, 6.07) is 13.0. The van der Waals surface area contributed by atoms with Gasteiger partial charge in [0.1, 0.15) is 0 Å². The Morgan fingerprint density at radius 3 is 2.65 bits per heavy atom. The first-order chi connectivity index (χ1) is 8.40. The molecule has 1 unspecified atom stereocenters. The van der Waals surface area contributed by atoms with Gasteiger partial charge < -0.3 is 5.32 Å². The molecule has 0 aliphatic rings. The SMILES string of the molecule is CNCC(CCc1ccsc1)c1ccccc1. The third-order valence-corrected chi connectivity index (χ3v) is 3.82. The van der Waals surface area contributed by atoms with Crippen LogP contribution in [0.2, 0.25) is 0 Å². The van der Waals surface area contributed by atoms with Gasteiger partial charge in [0.25, 0.3) is 0 Å². The molecule has 0 fully saturated rings. The Balaban J connectivity index is 1.98. The predicted octanol–water partition coefficient (Wildman–Crippen LogP) is 3.68. The number of nitrogens with one attached hydrogen (secondary N) is 1. The molecule has 1 atom stereocenters. The average Bonchev–Trinajstić information content (AvgIpc) is 2.88. The van der Waals surface area contributed by atoms with Crippen molar-refractivity contribution in [1.29, 1.82) is 0 Å². The molecule has 0 aliphatic carbocycles. The van der Waals surface area contributed by atoms with E-state index in [1.807, 2.05) is 7.05 Å². The summed E-state index contributed by atoms with van der Waals surface area (Å²) >= 11 is 1.78. The fraction of sp³-hybridized carbons (Fsp3) is 0.333. The summed E-state index contributed by atoms with van der Waals surface area (Å²) in [5.74, 6) is 0.612. The quantitative estimate of drug-likeness (QED) is 0.818. The van der Waals surface area contributed by atoms with Crippen LogP contribution in [-0.4, -0.2) is 13.6 Å². The third-order valence-electron chi connectivity index (χ3n) is 3.08. The second kappa shape index (κ2) is 6.58. The zero-order chi connectivity index (χ0) is 11.9. The molecule has 0 saturated carbocycles. The highest BCUT2D eigenvalue weighted by molar-refractivity contribution is 7.07. The van der Waals surface area contributed by atoms with Crippen molar-refractivity contribution in [2.24, 2.45) is 0 Å². The smallest absolute Gasteiger partial charge is 0.00172 e. The molecule has 0 aliphatic heterocycles. The Morgan fingerprint density at radius 1 is 1.18 bits per heavy atom. The average molecular weight is 245 g/mol. The molecule has 2 aromatic rings. The lowest BCUT2D eigenvalue weighted by atomic mass is 9.93. The lowest BCUT2D eigenvalue weighted by Gasteiger charge is -2.16. The second-order valence-corrected chi connectivity index (χ2v) is 5.12. The van der Waals surface area contributed by atoms with Crippen molar-refractivity contribution in [3.05, 3.63) is 58.3 Å². The fourth-order valence-corrected chi connectivity index (χ4v) is 2.84. The first kappa shape index (κ1) is 12.3. The molecule has 2 heteroatoms. The maximum Gasteiger partial charge on any atom is 0.00172 e. The number of hydrogen-bond acceptors (Lipinski definition) is 2. The Labute approximate surface area is 108 Å². The van der Waals surface area contributed by atoms with E-state index in [0.29, 0.717) is 5.92 Å². The predicted molar refractivity (Wildman–Crippen MR) is 75.7 cm³/mol. The molecular formula is C15H19NS. The van der Waals surface area contributed by atoms with E-state index in [0.717, 1.165) is 6.54 Å². The fourth-order valence-electron chi connectivity index (χ4n) is 2.13. The first-order valence-corrected chi connectivity index (χ1v) is 7.05. The molecule has 0 amide bonds. The number of benzene rings is 1. The van der Waals surface area contributed by atoms with E-state index in [1.165, 1.54) is 24.0 Å². The van der Waals surface area contributed by atoms with Crippen molar-refractivity contribution in [2.75, 3.05) is 13.6 Å². The van der Waals surface area contributed by atoms with Gasteiger partial charge in [-0.05, 0) is 53.8 Å². The van der Waals surface area contributed by atoms with Crippen molar-refractivity contribution < 1.29 is 0 Å². The van der Waals surface area contributed by atoms with Crippen LogP contribution in [0.1, 0.15) is 23.5 Å². The van der Waals surface area contributed by atoms with Gasteiger partial charge >= 0.3 is 0 Å². The van der Waals surface area contributed by atoms with Crippen LogP contribution in [0.15, 0.2) is 47.2 Å². The second-order valence-electron chi connectivity index (χ2n) is 4.34. The van der Waals surface area contributed by atoms with E-state index in [2.05, 4.69) is 52.5 Å². The van der Waals surface area contributed by atoms with Gasteiger partial charge in [0.15, 0.2) is 0 Å². The summed E-state index contributed by atoms with van der Waals surface area (Å²) in [4.78, 5) is 0. The first-order valence-electron chi connectivity index (χ1n) is 6.11. The highest BCUT2D eigenvalue weighted by Gasteiger charge is 2.10. The van der Waals surface area contributed by atoms with Crippen LogP contribution in [0.4, 0.5) is 0 Å². The minimum Gasteiger partial charge on any atom is -0.319 e. The van der Waals surface area contributed by atoms with Gasteiger partial charge in [0.05, 0.1) is 0 Å². The molecule has 0 spiro atoms. The number of rotatable bonds is 6. The molecule has 90 valence electrons. The van der Waals surface area contributed by atoms with Crippen LogP contribution in [0, 0.1) is 0 Å². The van der Waals surface area contributed by atoms with Gasteiger partial charge in [-0.3, -0.25) is 0 Å². The summed E-state index contributed by atoms with van der Waals surface area (Å²) < 4.78 is 0. The molecule has 0 saturated heterocycles. The third kappa shape index (κ3) is 3.69. The maximum atomic E-state index is 3.30. The lowest BCUT2D eigenvalue weighted by Crippen LogP contribution is -2.17. The molecule has 0 radical (unpaired) electrons. The molecule has 1 N–H and O–H groups in total. The van der Waals surface area contributed by atoms with E-state index >= 15 is 0 Å². The van der Waals surface area contributed by atoms with E-state index < -0.39 is 0 Å². The van der Waals surface area contributed by atoms with Crippen LogP contribution in [0.25, 0.3) is 0 Å². The summed E-state index contributed by atoms with van der Waals surface area (Å²) in [5, 5.41) is 7.71. The Kier molecular flexibility index (Phi) is 4.77. The van der Waals surface area contributed by atoms with Gasteiger partial charge in [-0.1, -0.05) is 30.3 Å². The van der Waals surface area contributed by atoms with Crippen molar-refractivity contribution in [2.45, 2.75) is 18.8 Å². The van der Waals surface area contributed by atoms with Crippen molar-refractivity contribution >= 4 is 11.3 Å². The van der Waals surface area contributed by atoms with Gasteiger partial charge in [-0.2, -0.15) is 11.3 Å². The Morgan fingerprint density at radius 2 is 2.00 bits per heavy atom. The van der Waals surface area contributed by atoms with Gasteiger partial charge in [-0.25, -0.2) is 0 Å². The number of aryl methyl sites for hydroxylation is 1. The van der Waals surface area contributed by atoms with Crippen LogP contribution < -0.4 is 5.32 Å². The minimum atomic E-state index is 0.612. The summed E-state index contributed by atoms with van der Waals surface area (Å²) in [6.07, 6.45) is 2.38. The van der Waals surface area contributed by atoms with Crippen LogP contribution >= 0.6 is 11.3 Å². The highest BCUT2D eigenvalue weighted by Crippen LogP contribution is 2.21. The molecule has 17 heavy (non-hydrogen) atoms. The zero-order valence-electron chi connectivity index (χ0n) is 10.2. The van der Waals surface area contributed by atoms with Gasteiger partial charge in [-0.15, -0.1) is 0 Å². The van der Waals surface area contributed by atoms with Crippen LogP contribution in [0.3, 0.4) is 0 Å². The highest BCUT2D eigenvalue weighted by atomic mass is 32.1. The molecule has 1 nitrogen and oxygen atoms in total. The van der Waals surface area contributed by atoms with Crippen molar-refractivity contribution in [3.8, 4) is 0 Å². The molecular weight excluding hydrogens is 226 g/mol. The number of thiophene rings is 1. The normalized spacial score (nSPS) is 12.5. The monoisotopic (exact) mass is 245 g/mol. The van der Waals surface area contributed by atoms with E-state index in [9.17, 15) is 0 Å². The topological polar surface area (TPSA) is 12.0 Å². The standard InChI is InChI=1S/C15H19NS/c1-16-11-15(14-5-3-2-4-6-14)8-7-13-9-10-17-12-13/h2-6,9-10,12,15-16H,7-8,11H2,1H3. The summed E-state index contributed by atoms with van der Waals surface area (Å²) in [7, 11) is 2.03. The van der Waals surface area contributed by atoms with Crippen LogP contribution in [-0.2, 0) is 6.42 Å². The largest absolute Gasteiger partial charge is 0.319 e. The summed E-state index contributed by atoms with van der Waals surface area (Å²) in [5.41, 5.74) is 2.91. The van der Waals surface area contributed by atoms with Gasteiger partial charge in [0.2, 0.25) is 0 Å². The molecule has 1 aromatic carbocycles. The van der Waals surface area contributed by atoms with E-state index in [1.54, 1.807) is 11.3 Å². The number of likely N-dealkylation sites (N-methyl/N-ethyl adjacent to an activating group) is 1. The number of hydrogen-bond donors (Lipinski definition) is 1. The van der Waals surface area contributed by atoms with Crippen LogP contribution in [0.5, 0.6) is 0 Å². The Hall–Kier alpha value is -1.12. The van der Waals surface area contributed by atoms with Crippen molar-refractivity contribution in [3.63, 3.8) is 0 Å². The molecule has 2 rings (SSSR count). The van der Waals surface area contributed by atoms with E-state index in [-0.39, 0.29) is 0 Å². The van der Waals surface area contributed by atoms with Gasteiger partial charge in [0, 0.05) is 6.54 Å². The molecule has 0 bridgehead atoms. The molecule has 1 aromatic heterocycles. The maximum absolute atomic E-state index is 3.30. The lowest BCUT2D eigenvalue weighted by molar-refractivity contribution is 0.584. The van der Waals surface area contributed by atoms with E-state index in [4.69, 9.17) is 0 Å². The molecule has 1 heterocycles.